The van der Waals surface area contributed by atoms with Gasteiger partial charge >= 0.3 is 0 Å². The van der Waals surface area contributed by atoms with Gasteiger partial charge in [-0.1, -0.05) is 26.2 Å². The van der Waals surface area contributed by atoms with Crippen molar-refractivity contribution in [2.45, 2.75) is 51.5 Å². The molecule has 2 nitrogen and oxygen atoms in total. The average molecular weight is 236 g/mol. The first-order valence-corrected chi connectivity index (χ1v) is 7.83. The van der Waals surface area contributed by atoms with Crippen molar-refractivity contribution < 1.29 is 0 Å². The monoisotopic (exact) mass is 236 g/mol. The molecule has 2 heteroatoms. The predicted octanol–water partition coefficient (Wildman–Crippen LogP) is 2.50. The average Bonchev–Trinajstić information content (AvgIpc) is 2.90. The topological polar surface area (TPSA) is 15.3 Å². The summed E-state index contributed by atoms with van der Waals surface area (Å²) in [6, 6.07) is 0.886. The molecule has 0 amide bonds. The zero-order chi connectivity index (χ0) is 11.7. The van der Waals surface area contributed by atoms with Crippen molar-refractivity contribution in [3.63, 3.8) is 0 Å². The summed E-state index contributed by atoms with van der Waals surface area (Å²) < 4.78 is 0. The molecule has 3 rings (SSSR count). The molecule has 3 atom stereocenters. The highest BCUT2D eigenvalue weighted by molar-refractivity contribution is 4.98. The van der Waals surface area contributed by atoms with Crippen LogP contribution in [0.15, 0.2) is 0 Å². The summed E-state index contributed by atoms with van der Waals surface area (Å²) in [5.41, 5.74) is 0. The third kappa shape index (κ3) is 2.39. The highest BCUT2D eigenvalue weighted by atomic mass is 15.2. The maximum atomic E-state index is 3.59. The lowest BCUT2D eigenvalue weighted by Crippen LogP contribution is -2.38. The Morgan fingerprint density at radius 2 is 1.94 bits per heavy atom. The van der Waals surface area contributed by atoms with Crippen LogP contribution >= 0.6 is 0 Å². The molecule has 2 aliphatic heterocycles. The molecule has 3 unspecified atom stereocenters. The van der Waals surface area contributed by atoms with Crippen molar-refractivity contribution in [3.05, 3.63) is 0 Å². The molecule has 1 aliphatic carbocycles. The van der Waals surface area contributed by atoms with Crippen LogP contribution < -0.4 is 5.32 Å². The van der Waals surface area contributed by atoms with E-state index in [4.69, 9.17) is 0 Å². The SMILES string of the molecule is CCC1C2CNCC2CN1CC1CCCCC1. The third-order valence-electron chi connectivity index (χ3n) is 5.46. The molecule has 3 aliphatic rings. The first kappa shape index (κ1) is 12.0. The lowest BCUT2D eigenvalue weighted by Gasteiger charge is -2.32. The third-order valence-corrected chi connectivity index (χ3v) is 5.46. The summed E-state index contributed by atoms with van der Waals surface area (Å²) in [6.07, 6.45) is 8.83. The predicted molar refractivity (Wildman–Crippen MR) is 72.1 cm³/mol. The van der Waals surface area contributed by atoms with E-state index in [0.717, 1.165) is 23.8 Å². The first-order chi connectivity index (χ1) is 8.38. The summed E-state index contributed by atoms with van der Waals surface area (Å²) in [6.45, 7) is 7.74. The lowest BCUT2D eigenvalue weighted by atomic mass is 9.88. The fraction of sp³-hybridized carbons (Fsp3) is 1.00. The fourth-order valence-corrected chi connectivity index (χ4v) is 4.58. The van der Waals surface area contributed by atoms with Crippen LogP contribution in [0.1, 0.15) is 45.4 Å². The minimum Gasteiger partial charge on any atom is -0.316 e. The maximum Gasteiger partial charge on any atom is 0.0137 e. The molecule has 2 heterocycles. The highest BCUT2D eigenvalue weighted by Gasteiger charge is 2.43. The number of likely N-dealkylation sites (tertiary alicyclic amines) is 1. The molecule has 0 bridgehead atoms. The van der Waals surface area contributed by atoms with Gasteiger partial charge in [-0.25, -0.2) is 0 Å². The van der Waals surface area contributed by atoms with E-state index >= 15 is 0 Å². The molecular formula is C15H28N2. The van der Waals surface area contributed by atoms with Crippen LogP contribution in [0.25, 0.3) is 0 Å². The molecule has 0 aromatic rings. The summed E-state index contributed by atoms with van der Waals surface area (Å²) in [4.78, 5) is 2.85. The van der Waals surface area contributed by atoms with Crippen molar-refractivity contribution in [2.24, 2.45) is 17.8 Å². The quantitative estimate of drug-likeness (QED) is 0.810. The van der Waals surface area contributed by atoms with E-state index in [1.54, 1.807) is 0 Å². The largest absolute Gasteiger partial charge is 0.316 e. The number of nitrogens with one attached hydrogen (secondary N) is 1. The van der Waals surface area contributed by atoms with Gasteiger partial charge in [0.25, 0.3) is 0 Å². The van der Waals surface area contributed by atoms with Gasteiger partial charge in [-0.3, -0.25) is 4.90 Å². The minimum absolute atomic E-state index is 0.886. The molecular weight excluding hydrogens is 208 g/mol. The van der Waals surface area contributed by atoms with E-state index in [1.807, 2.05) is 0 Å². The van der Waals surface area contributed by atoms with Crippen molar-refractivity contribution in [1.82, 2.24) is 10.2 Å². The van der Waals surface area contributed by atoms with E-state index in [-0.39, 0.29) is 0 Å². The highest BCUT2D eigenvalue weighted by Crippen LogP contribution is 2.36. The Balaban J connectivity index is 1.58. The van der Waals surface area contributed by atoms with E-state index in [9.17, 15) is 0 Å². The van der Waals surface area contributed by atoms with E-state index in [0.29, 0.717) is 0 Å². The Morgan fingerprint density at radius 3 is 2.71 bits per heavy atom. The molecule has 1 N–H and O–H groups in total. The second kappa shape index (κ2) is 5.27. The van der Waals surface area contributed by atoms with Gasteiger partial charge in [0, 0.05) is 19.1 Å². The Morgan fingerprint density at radius 1 is 1.12 bits per heavy atom. The van der Waals surface area contributed by atoms with E-state index < -0.39 is 0 Å². The summed E-state index contributed by atoms with van der Waals surface area (Å²) in [5, 5.41) is 3.59. The van der Waals surface area contributed by atoms with Crippen molar-refractivity contribution in [2.75, 3.05) is 26.2 Å². The van der Waals surface area contributed by atoms with Gasteiger partial charge < -0.3 is 5.32 Å². The van der Waals surface area contributed by atoms with Crippen molar-refractivity contribution >= 4 is 0 Å². The van der Waals surface area contributed by atoms with Gasteiger partial charge in [0.2, 0.25) is 0 Å². The van der Waals surface area contributed by atoms with Gasteiger partial charge in [0.05, 0.1) is 0 Å². The molecule has 0 aromatic carbocycles. The molecule has 0 radical (unpaired) electrons. The van der Waals surface area contributed by atoms with Crippen molar-refractivity contribution in [1.29, 1.82) is 0 Å². The van der Waals surface area contributed by atoms with Crippen LogP contribution in [-0.2, 0) is 0 Å². The molecule has 1 saturated carbocycles. The van der Waals surface area contributed by atoms with E-state index in [1.165, 1.54) is 64.7 Å². The van der Waals surface area contributed by atoms with Crippen molar-refractivity contribution in [3.8, 4) is 0 Å². The van der Waals surface area contributed by atoms with Gasteiger partial charge in [0.15, 0.2) is 0 Å². The van der Waals surface area contributed by atoms with Crippen LogP contribution in [0.2, 0.25) is 0 Å². The smallest absolute Gasteiger partial charge is 0.0137 e. The number of hydrogen-bond donors (Lipinski definition) is 1. The van der Waals surface area contributed by atoms with Gasteiger partial charge in [-0.2, -0.15) is 0 Å². The minimum atomic E-state index is 0.886. The van der Waals surface area contributed by atoms with Crippen LogP contribution in [-0.4, -0.2) is 37.1 Å². The second-order valence-corrected chi connectivity index (χ2v) is 6.52. The molecule has 98 valence electrons. The normalized spacial score (nSPS) is 39.7. The standard InChI is InChI=1S/C15H28N2/c1-2-15-14-9-16-8-13(14)11-17(15)10-12-6-4-3-5-7-12/h12-16H,2-11H2,1H3. The number of fused-ring (bicyclic) bond motifs is 1. The lowest BCUT2D eigenvalue weighted by molar-refractivity contribution is 0.166. The van der Waals surface area contributed by atoms with Crippen LogP contribution in [0, 0.1) is 17.8 Å². The Bertz CT molecular complexity index is 247. The Labute approximate surface area is 106 Å². The van der Waals surface area contributed by atoms with Crippen LogP contribution in [0.3, 0.4) is 0 Å². The number of rotatable bonds is 3. The van der Waals surface area contributed by atoms with Crippen LogP contribution in [0.5, 0.6) is 0 Å². The summed E-state index contributed by atoms with van der Waals surface area (Å²) in [5.74, 6) is 2.94. The van der Waals surface area contributed by atoms with Gasteiger partial charge in [0.1, 0.15) is 0 Å². The molecule has 2 saturated heterocycles. The Hall–Kier alpha value is -0.0800. The zero-order valence-electron chi connectivity index (χ0n) is 11.3. The van der Waals surface area contributed by atoms with Gasteiger partial charge in [-0.05, 0) is 50.1 Å². The molecule has 0 spiro atoms. The number of nitrogens with zero attached hydrogens (tertiary/aromatic N) is 1. The second-order valence-electron chi connectivity index (χ2n) is 6.52. The molecule has 3 fully saturated rings. The van der Waals surface area contributed by atoms with Crippen LogP contribution in [0.4, 0.5) is 0 Å². The molecule has 17 heavy (non-hydrogen) atoms. The number of hydrogen-bond acceptors (Lipinski definition) is 2. The Kier molecular flexibility index (Phi) is 3.72. The zero-order valence-corrected chi connectivity index (χ0v) is 11.3. The maximum absolute atomic E-state index is 3.59. The van der Waals surface area contributed by atoms with Gasteiger partial charge in [-0.15, -0.1) is 0 Å². The fourth-order valence-electron chi connectivity index (χ4n) is 4.58. The summed E-state index contributed by atoms with van der Waals surface area (Å²) >= 11 is 0. The first-order valence-electron chi connectivity index (χ1n) is 7.83. The van der Waals surface area contributed by atoms with E-state index in [2.05, 4.69) is 17.1 Å². The molecule has 0 aromatic heterocycles. The summed E-state index contributed by atoms with van der Waals surface area (Å²) in [7, 11) is 0.